The summed E-state index contributed by atoms with van der Waals surface area (Å²) in [4.78, 5) is 17.8. The Bertz CT molecular complexity index is 655. The van der Waals surface area contributed by atoms with Gasteiger partial charge in [-0.25, -0.2) is 4.98 Å². The Kier molecular flexibility index (Phi) is 3.00. The number of hydrogen-bond acceptors (Lipinski definition) is 5. The van der Waals surface area contributed by atoms with Crippen molar-refractivity contribution in [3.8, 4) is 22.2 Å². The largest absolute Gasteiger partial charge is 0.253 e. The molecule has 0 fully saturated rings. The lowest BCUT2D eigenvalue weighted by molar-refractivity contribution is 1.05. The third-order valence-corrected chi connectivity index (χ3v) is 3.28. The van der Waals surface area contributed by atoms with Gasteiger partial charge in [0.25, 0.3) is 0 Å². The van der Waals surface area contributed by atoms with Gasteiger partial charge in [-0.3, -0.25) is 4.98 Å². The molecule has 0 bridgehead atoms. The topological polar surface area (TPSA) is 51.6 Å². The molecule has 3 rings (SSSR count). The summed E-state index contributed by atoms with van der Waals surface area (Å²) < 4.78 is 0. The Labute approximate surface area is 112 Å². The Morgan fingerprint density at radius 3 is 2.56 bits per heavy atom. The first-order valence-electron chi connectivity index (χ1n) is 5.20. The third kappa shape index (κ3) is 2.23. The molecular formula is C12H7ClN4S. The highest BCUT2D eigenvalue weighted by atomic mass is 35.5. The molecule has 0 radical (unpaired) electrons. The second-order valence-corrected chi connectivity index (χ2v) is 4.73. The molecule has 0 atom stereocenters. The Balaban J connectivity index is 2.12. The van der Waals surface area contributed by atoms with Crippen LogP contribution in [0.4, 0.5) is 0 Å². The maximum atomic E-state index is 5.93. The van der Waals surface area contributed by atoms with Crippen molar-refractivity contribution in [1.29, 1.82) is 0 Å². The van der Waals surface area contributed by atoms with E-state index in [1.807, 2.05) is 35.7 Å². The Morgan fingerprint density at radius 1 is 0.944 bits per heavy atom. The summed E-state index contributed by atoms with van der Waals surface area (Å²) >= 11 is 7.49. The summed E-state index contributed by atoms with van der Waals surface area (Å²) in [5.74, 6) is 1.06. The first kappa shape index (κ1) is 11.3. The average Bonchev–Trinajstić information content (AvgIpc) is 2.93. The number of hydrogen-bond donors (Lipinski definition) is 0. The van der Waals surface area contributed by atoms with Crippen LogP contribution in [0.15, 0.2) is 41.9 Å². The summed E-state index contributed by atoms with van der Waals surface area (Å²) in [5, 5.41) is 2.14. The van der Waals surface area contributed by atoms with Crippen molar-refractivity contribution in [2.24, 2.45) is 0 Å². The molecule has 0 saturated carbocycles. The van der Waals surface area contributed by atoms with Crippen LogP contribution < -0.4 is 0 Å². The van der Waals surface area contributed by atoms with Crippen LogP contribution in [0.3, 0.4) is 0 Å². The summed E-state index contributed by atoms with van der Waals surface area (Å²) in [7, 11) is 0. The normalized spacial score (nSPS) is 10.5. The molecule has 3 heterocycles. The van der Waals surface area contributed by atoms with E-state index < -0.39 is 0 Å². The summed E-state index contributed by atoms with van der Waals surface area (Å²) in [6.45, 7) is 0. The minimum Gasteiger partial charge on any atom is -0.253 e. The predicted octanol–water partition coefficient (Wildman–Crippen LogP) is 3.32. The van der Waals surface area contributed by atoms with Crippen molar-refractivity contribution in [3.63, 3.8) is 0 Å². The maximum absolute atomic E-state index is 5.93. The van der Waals surface area contributed by atoms with Gasteiger partial charge >= 0.3 is 0 Å². The average molecular weight is 275 g/mol. The van der Waals surface area contributed by atoms with Gasteiger partial charge in [-0.15, -0.1) is 11.3 Å². The zero-order chi connectivity index (χ0) is 12.4. The van der Waals surface area contributed by atoms with Gasteiger partial charge in [0.05, 0.1) is 4.88 Å². The number of aromatic nitrogens is 4. The van der Waals surface area contributed by atoms with Crippen LogP contribution in [-0.2, 0) is 0 Å². The molecule has 0 aliphatic heterocycles. The number of halogens is 1. The molecule has 3 aromatic rings. The molecule has 0 aliphatic carbocycles. The van der Waals surface area contributed by atoms with Crippen molar-refractivity contribution >= 4 is 22.9 Å². The number of thiophene rings is 1. The van der Waals surface area contributed by atoms with Gasteiger partial charge in [0.15, 0.2) is 11.6 Å². The number of nitrogens with zero attached hydrogens (tertiary/aromatic N) is 4. The SMILES string of the molecule is Clc1nc(-c2ccccn2)nc(-c2cccs2)n1. The van der Waals surface area contributed by atoms with E-state index in [1.54, 1.807) is 17.5 Å². The minimum absolute atomic E-state index is 0.175. The van der Waals surface area contributed by atoms with E-state index in [0.29, 0.717) is 17.3 Å². The number of pyridine rings is 1. The Morgan fingerprint density at radius 2 is 1.83 bits per heavy atom. The van der Waals surface area contributed by atoms with Gasteiger partial charge in [0, 0.05) is 6.20 Å². The molecule has 18 heavy (non-hydrogen) atoms. The summed E-state index contributed by atoms with van der Waals surface area (Å²) in [5.41, 5.74) is 0.680. The molecule has 6 heteroatoms. The van der Waals surface area contributed by atoms with E-state index in [4.69, 9.17) is 11.6 Å². The Hall–Kier alpha value is -1.85. The predicted molar refractivity (Wildman–Crippen MR) is 71.4 cm³/mol. The van der Waals surface area contributed by atoms with E-state index in [-0.39, 0.29) is 5.28 Å². The lowest BCUT2D eigenvalue weighted by Gasteiger charge is -2.01. The summed E-state index contributed by atoms with van der Waals surface area (Å²) in [6, 6.07) is 9.44. The van der Waals surface area contributed by atoms with Gasteiger partial charge in [-0.1, -0.05) is 12.1 Å². The van der Waals surface area contributed by atoms with Crippen LogP contribution in [0, 0.1) is 0 Å². The zero-order valence-electron chi connectivity index (χ0n) is 9.12. The van der Waals surface area contributed by atoms with E-state index in [9.17, 15) is 0 Å². The molecule has 88 valence electrons. The monoisotopic (exact) mass is 274 g/mol. The van der Waals surface area contributed by atoms with Gasteiger partial charge in [-0.05, 0) is 35.2 Å². The summed E-state index contributed by atoms with van der Waals surface area (Å²) in [6.07, 6.45) is 1.69. The highest BCUT2D eigenvalue weighted by Gasteiger charge is 2.10. The molecule has 0 spiro atoms. The highest BCUT2D eigenvalue weighted by Crippen LogP contribution is 2.23. The first-order valence-corrected chi connectivity index (χ1v) is 6.45. The first-order chi connectivity index (χ1) is 8.83. The fraction of sp³-hybridized carbons (Fsp3) is 0. The molecular weight excluding hydrogens is 268 g/mol. The molecule has 0 saturated heterocycles. The molecule has 0 aromatic carbocycles. The quantitative estimate of drug-likeness (QED) is 0.719. The van der Waals surface area contributed by atoms with Gasteiger partial charge in [0.1, 0.15) is 5.69 Å². The van der Waals surface area contributed by atoms with Crippen LogP contribution in [0.5, 0.6) is 0 Å². The standard InChI is InChI=1S/C12H7ClN4S/c13-12-16-10(8-4-1-2-6-14-8)15-11(17-12)9-5-3-7-18-9/h1-7H. The molecule has 0 N–H and O–H groups in total. The fourth-order valence-electron chi connectivity index (χ4n) is 1.48. The van der Waals surface area contributed by atoms with Crippen molar-refractivity contribution in [2.45, 2.75) is 0 Å². The van der Waals surface area contributed by atoms with Gasteiger partial charge < -0.3 is 0 Å². The lowest BCUT2D eigenvalue weighted by Crippen LogP contribution is -1.97. The molecule has 0 aliphatic rings. The van der Waals surface area contributed by atoms with Crippen LogP contribution in [0.1, 0.15) is 0 Å². The van der Waals surface area contributed by atoms with Gasteiger partial charge in [-0.2, -0.15) is 9.97 Å². The van der Waals surface area contributed by atoms with Crippen LogP contribution in [-0.4, -0.2) is 19.9 Å². The third-order valence-electron chi connectivity index (χ3n) is 2.24. The van der Waals surface area contributed by atoms with Crippen molar-refractivity contribution in [1.82, 2.24) is 19.9 Å². The van der Waals surface area contributed by atoms with E-state index >= 15 is 0 Å². The van der Waals surface area contributed by atoms with E-state index in [1.165, 1.54) is 0 Å². The fourth-order valence-corrected chi connectivity index (χ4v) is 2.29. The molecule has 4 nitrogen and oxygen atoms in total. The molecule has 3 aromatic heterocycles. The maximum Gasteiger partial charge on any atom is 0.226 e. The number of rotatable bonds is 2. The van der Waals surface area contributed by atoms with Crippen molar-refractivity contribution in [3.05, 3.63) is 47.2 Å². The lowest BCUT2D eigenvalue weighted by atomic mass is 10.3. The van der Waals surface area contributed by atoms with E-state index in [0.717, 1.165) is 4.88 Å². The van der Waals surface area contributed by atoms with Crippen LogP contribution >= 0.6 is 22.9 Å². The van der Waals surface area contributed by atoms with E-state index in [2.05, 4.69) is 19.9 Å². The van der Waals surface area contributed by atoms with Crippen molar-refractivity contribution < 1.29 is 0 Å². The van der Waals surface area contributed by atoms with Crippen molar-refractivity contribution in [2.75, 3.05) is 0 Å². The van der Waals surface area contributed by atoms with Crippen LogP contribution in [0.2, 0.25) is 5.28 Å². The van der Waals surface area contributed by atoms with Gasteiger partial charge in [0.2, 0.25) is 5.28 Å². The highest BCUT2D eigenvalue weighted by molar-refractivity contribution is 7.13. The molecule has 0 amide bonds. The van der Waals surface area contributed by atoms with Crippen LogP contribution in [0.25, 0.3) is 22.2 Å². The molecule has 0 unspecified atom stereocenters. The minimum atomic E-state index is 0.175. The zero-order valence-corrected chi connectivity index (χ0v) is 10.7. The smallest absolute Gasteiger partial charge is 0.226 e. The second kappa shape index (κ2) is 4.80. The second-order valence-electron chi connectivity index (χ2n) is 3.44.